The number of carbonyl (C=O) groups is 1. The van der Waals surface area contributed by atoms with Crippen molar-refractivity contribution in [2.45, 2.75) is 13.5 Å². The van der Waals surface area contributed by atoms with Crippen molar-refractivity contribution in [1.29, 1.82) is 5.41 Å². The van der Waals surface area contributed by atoms with Crippen molar-refractivity contribution >= 4 is 46.3 Å². The van der Waals surface area contributed by atoms with E-state index in [1.165, 1.54) is 23.9 Å². The van der Waals surface area contributed by atoms with Crippen molar-refractivity contribution in [3.63, 3.8) is 0 Å². The first-order valence-electron chi connectivity index (χ1n) is 8.66. The fourth-order valence-electron chi connectivity index (χ4n) is 2.87. The lowest BCUT2D eigenvalue weighted by molar-refractivity contribution is -0.114. The number of aliphatic imine (C=N–C) groups is 1. The molecule has 0 unspecified atom stereocenters. The Hall–Kier alpha value is -2.90. The number of nitrogens with one attached hydrogen (secondary N) is 1. The van der Waals surface area contributed by atoms with Gasteiger partial charge in [0.1, 0.15) is 24.0 Å². The standard InChI is InChI=1S/C21H15ClFN3O2S/c1-12-11-29-21-25-20(27)16(19(24)26(12)21)8-14-4-7-18(17(22)9-14)28-10-13-2-5-15(23)6-3-13/h2-9,11,24H,10H2,1H3/b16-8+,24-19?. The second-order valence-electron chi connectivity index (χ2n) is 6.42. The van der Waals surface area contributed by atoms with Crippen LogP contribution >= 0.6 is 23.4 Å². The summed E-state index contributed by atoms with van der Waals surface area (Å²) in [6.07, 6.45) is 1.59. The minimum absolute atomic E-state index is 0.0894. The largest absolute Gasteiger partial charge is 0.487 e. The summed E-state index contributed by atoms with van der Waals surface area (Å²) >= 11 is 7.65. The monoisotopic (exact) mass is 427 g/mol. The zero-order valence-corrected chi connectivity index (χ0v) is 16.9. The van der Waals surface area contributed by atoms with Gasteiger partial charge in [0.15, 0.2) is 5.17 Å². The number of amidine groups is 2. The van der Waals surface area contributed by atoms with Crippen LogP contribution in [-0.2, 0) is 11.4 Å². The highest BCUT2D eigenvalue weighted by molar-refractivity contribution is 8.16. The Bertz CT molecular complexity index is 1110. The highest BCUT2D eigenvalue weighted by Gasteiger charge is 2.33. The van der Waals surface area contributed by atoms with Crippen LogP contribution < -0.4 is 4.74 Å². The van der Waals surface area contributed by atoms with Gasteiger partial charge in [-0.1, -0.05) is 41.6 Å². The number of ether oxygens (including phenoxy) is 1. The summed E-state index contributed by atoms with van der Waals surface area (Å²) in [7, 11) is 0. The molecule has 0 saturated heterocycles. The van der Waals surface area contributed by atoms with E-state index in [4.69, 9.17) is 21.7 Å². The number of fused-ring (bicyclic) bond motifs is 1. The van der Waals surface area contributed by atoms with E-state index in [1.807, 2.05) is 12.3 Å². The van der Waals surface area contributed by atoms with Crippen molar-refractivity contribution in [3.8, 4) is 5.75 Å². The third-order valence-corrected chi connectivity index (χ3v) is 5.60. The molecule has 0 bridgehead atoms. The molecule has 2 aromatic carbocycles. The fourth-order valence-corrected chi connectivity index (χ4v) is 3.98. The Balaban J connectivity index is 1.53. The van der Waals surface area contributed by atoms with Crippen LogP contribution in [0.3, 0.4) is 0 Å². The summed E-state index contributed by atoms with van der Waals surface area (Å²) < 4.78 is 18.7. The lowest BCUT2D eigenvalue weighted by atomic mass is 10.1. The molecule has 4 rings (SSSR count). The van der Waals surface area contributed by atoms with Gasteiger partial charge < -0.3 is 4.74 Å². The van der Waals surface area contributed by atoms with Crippen LogP contribution in [0.4, 0.5) is 4.39 Å². The first-order valence-corrected chi connectivity index (χ1v) is 9.92. The fraction of sp³-hybridized carbons (Fsp3) is 0.0952. The smallest absolute Gasteiger partial charge is 0.283 e. The Morgan fingerprint density at radius 3 is 2.76 bits per heavy atom. The summed E-state index contributed by atoms with van der Waals surface area (Å²) in [5.74, 6) is -0.198. The maximum absolute atomic E-state index is 13.0. The molecule has 0 spiro atoms. The van der Waals surface area contributed by atoms with Crippen LogP contribution in [0.5, 0.6) is 5.75 Å². The molecule has 0 saturated carbocycles. The van der Waals surface area contributed by atoms with Crippen molar-refractivity contribution in [1.82, 2.24) is 4.90 Å². The van der Waals surface area contributed by atoms with E-state index in [-0.39, 0.29) is 23.8 Å². The average molecular weight is 428 g/mol. The quantitative estimate of drug-likeness (QED) is 0.679. The lowest BCUT2D eigenvalue weighted by Crippen LogP contribution is -2.37. The van der Waals surface area contributed by atoms with Gasteiger partial charge in [0.05, 0.1) is 10.6 Å². The van der Waals surface area contributed by atoms with Crippen molar-refractivity contribution in [2.24, 2.45) is 4.99 Å². The van der Waals surface area contributed by atoms with Crippen LogP contribution in [0.25, 0.3) is 6.08 Å². The number of thioether (sulfide) groups is 1. The molecule has 0 atom stereocenters. The molecule has 1 N–H and O–H groups in total. The van der Waals surface area contributed by atoms with Gasteiger partial charge in [0.2, 0.25) is 0 Å². The Kier molecular flexibility index (Phi) is 5.25. The number of hydrogen-bond acceptors (Lipinski definition) is 4. The molecule has 0 radical (unpaired) electrons. The second-order valence-corrected chi connectivity index (χ2v) is 7.67. The highest BCUT2D eigenvalue weighted by Crippen LogP contribution is 2.33. The van der Waals surface area contributed by atoms with Gasteiger partial charge in [0.25, 0.3) is 5.91 Å². The number of rotatable bonds is 4. The molecule has 2 heterocycles. The van der Waals surface area contributed by atoms with Crippen molar-refractivity contribution in [2.75, 3.05) is 0 Å². The molecule has 29 heavy (non-hydrogen) atoms. The summed E-state index contributed by atoms with van der Waals surface area (Å²) in [6.45, 7) is 2.11. The Morgan fingerprint density at radius 2 is 2.03 bits per heavy atom. The van der Waals surface area contributed by atoms with Gasteiger partial charge in [-0.25, -0.2) is 4.39 Å². The van der Waals surface area contributed by atoms with Gasteiger partial charge in [-0.15, -0.1) is 0 Å². The number of allylic oxidation sites excluding steroid dienone is 1. The number of halogens is 2. The molecule has 2 aliphatic heterocycles. The predicted molar refractivity (Wildman–Crippen MR) is 114 cm³/mol. The van der Waals surface area contributed by atoms with Crippen LogP contribution in [0.2, 0.25) is 5.02 Å². The lowest BCUT2D eigenvalue weighted by Gasteiger charge is -2.25. The minimum atomic E-state index is -0.454. The van der Waals surface area contributed by atoms with E-state index >= 15 is 0 Å². The molecule has 0 aliphatic carbocycles. The zero-order valence-electron chi connectivity index (χ0n) is 15.3. The molecule has 146 valence electrons. The molecule has 2 aliphatic rings. The Labute approximate surface area is 176 Å². The first kappa shape index (κ1) is 19.4. The van der Waals surface area contributed by atoms with Crippen LogP contribution in [0.15, 0.2) is 64.1 Å². The topological polar surface area (TPSA) is 65.8 Å². The number of amides is 1. The molecule has 2 aromatic rings. The third-order valence-electron chi connectivity index (χ3n) is 4.36. The van der Waals surface area contributed by atoms with E-state index in [1.54, 1.807) is 41.3 Å². The van der Waals surface area contributed by atoms with Crippen molar-refractivity contribution in [3.05, 3.63) is 81.1 Å². The summed E-state index contributed by atoms with van der Waals surface area (Å²) in [5.41, 5.74) is 2.51. The van der Waals surface area contributed by atoms with E-state index in [2.05, 4.69) is 4.99 Å². The number of carbonyl (C=O) groups excluding carboxylic acids is 1. The second kappa shape index (κ2) is 7.85. The molecule has 1 amide bonds. The van der Waals surface area contributed by atoms with Crippen LogP contribution in [0.1, 0.15) is 18.1 Å². The SMILES string of the molecule is CC1=CSC2=NC(=O)/C(=C/c3ccc(OCc4ccc(F)cc4)c(Cl)c3)C(=N)N12. The van der Waals surface area contributed by atoms with Gasteiger partial charge >= 0.3 is 0 Å². The first-order chi connectivity index (χ1) is 13.9. The third kappa shape index (κ3) is 3.97. The van der Waals surface area contributed by atoms with Crippen LogP contribution in [-0.4, -0.2) is 21.8 Å². The number of hydrogen-bond donors (Lipinski definition) is 1. The van der Waals surface area contributed by atoms with Gasteiger partial charge in [-0.3, -0.25) is 15.1 Å². The molecule has 0 aromatic heterocycles. The van der Waals surface area contributed by atoms with E-state index < -0.39 is 5.91 Å². The number of benzene rings is 2. The predicted octanol–water partition coefficient (Wildman–Crippen LogP) is 5.23. The normalized spacial score (nSPS) is 17.3. The van der Waals surface area contributed by atoms with E-state index in [0.717, 1.165) is 11.3 Å². The molecule has 8 heteroatoms. The maximum atomic E-state index is 13.0. The summed E-state index contributed by atoms with van der Waals surface area (Å²) in [5, 5.41) is 11.1. The van der Waals surface area contributed by atoms with Gasteiger partial charge in [-0.05, 0) is 53.8 Å². The maximum Gasteiger partial charge on any atom is 0.283 e. The zero-order chi connectivity index (χ0) is 20.5. The Morgan fingerprint density at radius 1 is 1.28 bits per heavy atom. The van der Waals surface area contributed by atoms with Gasteiger partial charge in [-0.2, -0.15) is 4.99 Å². The molecular weight excluding hydrogens is 413 g/mol. The molecular formula is C21H15ClFN3O2S. The van der Waals surface area contributed by atoms with Gasteiger partial charge in [0, 0.05) is 5.70 Å². The number of nitrogens with zero attached hydrogens (tertiary/aromatic N) is 2. The van der Waals surface area contributed by atoms with Crippen molar-refractivity contribution < 1.29 is 13.9 Å². The van der Waals surface area contributed by atoms with Crippen LogP contribution in [0, 0.1) is 11.2 Å². The van der Waals surface area contributed by atoms with E-state index in [0.29, 0.717) is 21.5 Å². The molecule has 5 nitrogen and oxygen atoms in total. The highest BCUT2D eigenvalue weighted by atomic mass is 35.5. The molecule has 0 fully saturated rings. The van der Waals surface area contributed by atoms with E-state index in [9.17, 15) is 9.18 Å². The summed E-state index contributed by atoms with van der Waals surface area (Å²) in [6, 6.07) is 11.1. The average Bonchev–Trinajstić information content (AvgIpc) is 3.06. The summed E-state index contributed by atoms with van der Waals surface area (Å²) in [4.78, 5) is 18.0. The minimum Gasteiger partial charge on any atom is -0.487 e.